The van der Waals surface area contributed by atoms with Gasteiger partial charge in [0.05, 0.1) is 0 Å². The Kier molecular flexibility index (Phi) is 10.2. The third-order valence-electron chi connectivity index (χ3n) is 3.18. The normalized spacial score (nSPS) is 17.1. The number of hydrogen-bond donors (Lipinski definition) is 0. The first-order chi connectivity index (χ1) is 11.6. The second kappa shape index (κ2) is 9.68. The molecule has 0 rings (SSSR count). The minimum absolute atomic E-state index is 0.925. The maximum absolute atomic E-state index is 6.65. The Morgan fingerprint density at radius 1 is 0.519 bits per heavy atom. The van der Waals surface area contributed by atoms with Gasteiger partial charge in [-0.3, -0.25) is 0 Å². The van der Waals surface area contributed by atoms with Crippen LogP contribution in [0, 0.1) is 0 Å². The third kappa shape index (κ3) is 14.1. The molecule has 0 saturated heterocycles. The molecule has 0 N–H and O–H groups in total. The van der Waals surface area contributed by atoms with Gasteiger partial charge in [0.2, 0.25) is 0 Å². The Balaban J connectivity index is 5.06. The van der Waals surface area contributed by atoms with Crippen LogP contribution in [0.25, 0.3) is 0 Å². The van der Waals surface area contributed by atoms with E-state index in [-0.39, 0.29) is 0 Å². The summed E-state index contributed by atoms with van der Waals surface area (Å²) in [5, 5.41) is 0. The standard InChI is InChI=1S/C15H43ClO5Si6/c1-14-15-27(13,16)21-26(11,12)20-25(9,10)19-24(7,8)18-23(5,6)17-22(2,3)4/h14-15H2,1-13H3. The van der Waals surface area contributed by atoms with E-state index >= 15 is 0 Å². The van der Waals surface area contributed by atoms with E-state index in [4.69, 9.17) is 31.7 Å². The Morgan fingerprint density at radius 2 is 0.815 bits per heavy atom. The van der Waals surface area contributed by atoms with Gasteiger partial charge in [0.1, 0.15) is 0 Å². The average Bonchev–Trinajstić information content (AvgIpc) is 2.15. The van der Waals surface area contributed by atoms with Crippen molar-refractivity contribution in [3.63, 3.8) is 0 Å². The third-order valence-corrected chi connectivity index (χ3v) is 25.7. The zero-order chi connectivity index (χ0) is 21.9. The van der Waals surface area contributed by atoms with Crippen LogP contribution in [-0.2, 0) is 20.6 Å². The van der Waals surface area contributed by atoms with E-state index in [1.807, 2.05) is 0 Å². The van der Waals surface area contributed by atoms with Crippen molar-refractivity contribution in [2.45, 2.75) is 98.0 Å². The monoisotopic (exact) mass is 506 g/mol. The van der Waals surface area contributed by atoms with Crippen molar-refractivity contribution in [1.29, 1.82) is 0 Å². The molecule has 27 heavy (non-hydrogen) atoms. The van der Waals surface area contributed by atoms with Crippen LogP contribution in [0.5, 0.6) is 0 Å². The molecule has 0 aromatic rings. The molecule has 12 heteroatoms. The number of rotatable bonds is 12. The Hall–Kier alpha value is 1.39. The van der Waals surface area contributed by atoms with Gasteiger partial charge in [-0.2, -0.15) is 0 Å². The van der Waals surface area contributed by atoms with Gasteiger partial charge >= 0.3 is 34.2 Å². The minimum atomic E-state index is -2.44. The number of hydrogen-bond acceptors (Lipinski definition) is 5. The smallest absolute Gasteiger partial charge is 0.314 e. The van der Waals surface area contributed by atoms with Crippen LogP contribution in [0.2, 0.25) is 84.6 Å². The summed E-state index contributed by atoms with van der Waals surface area (Å²) in [5.74, 6) is 0. The highest BCUT2D eigenvalue weighted by molar-refractivity contribution is 7.18. The summed E-state index contributed by atoms with van der Waals surface area (Å²) in [6, 6.07) is 0.925. The van der Waals surface area contributed by atoms with E-state index in [1.165, 1.54) is 0 Å². The van der Waals surface area contributed by atoms with Crippen LogP contribution in [0.4, 0.5) is 0 Å². The van der Waals surface area contributed by atoms with Crippen molar-refractivity contribution < 1.29 is 20.6 Å². The van der Waals surface area contributed by atoms with E-state index in [1.54, 1.807) is 0 Å². The summed E-state index contributed by atoms with van der Waals surface area (Å²) in [4.78, 5) is 0. The van der Waals surface area contributed by atoms with Crippen molar-refractivity contribution in [3.05, 3.63) is 0 Å². The van der Waals surface area contributed by atoms with E-state index in [0.717, 1.165) is 12.5 Å². The van der Waals surface area contributed by atoms with Gasteiger partial charge in [0.15, 0.2) is 8.32 Å². The van der Waals surface area contributed by atoms with E-state index in [0.29, 0.717) is 0 Å². The topological polar surface area (TPSA) is 46.2 Å². The van der Waals surface area contributed by atoms with Gasteiger partial charge in [-0.05, 0) is 84.6 Å². The predicted molar refractivity (Wildman–Crippen MR) is 131 cm³/mol. The highest BCUT2D eigenvalue weighted by atomic mass is 35.6. The summed E-state index contributed by atoms with van der Waals surface area (Å²) in [7, 11) is -13.4. The summed E-state index contributed by atoms with van der Waals surface area (Å²) in [6.45, 7) is 27.4. The molecule has 0 aromatic heterocycles. The van der Waals surface area contributed by atoms with Crippen LogP contribution in [0.3, 0.4) is 0 Å². The summed E-state index contributed by atoms with van der Waals surface area (Å²) in [6.07, 6.45) is 1.03. The van der Waals surface area contributed by atoms with E-state index in [2.05, 4.69) is 85.5 Å². The number of halogens is 1. The lowest BCUT2D eigenvalue weighted by atomic mass is 10.6. The van der Waals surface area contributed by atoms with Crippen LogP contribution in [-0.4, -0.2) is 50.2 Å². The molecule has 0 spiro atoms. The van der Waals surface area contributed by atoms with Crippen molar-refractivity contribution in [3.8, 4) is 0 Å². The second-order valence-electron chi connectivity index (χ2n) is 10.1. The maximum atomic E-state index is 6.65. The molecule has 0 amide bonds. The molecule has 0 aliphatic heterocycles. The molecule has 164 valence electrons. The lowest BCUT2D eigenvalue weighted by Gasteiger charge is -2.42. The largest absolute Gasteiger partial charge is 0.437 e. The van der Waals surface area contributed by atoms with Crippen molar-refractivity contribution >= 4 is 61.3 Å². The Bertz CT molecular complexity index is 480. The van der Waals surface area contributed by atoms with Crippen molar-refractivity contribution in [1.82, 2.24) is 0 Å². The Morgan fingerprint density at radius 3 is 1.11 bits per heavy atom. The van der Waals surface area contributed by atoms with Gasteiger partial charge in [0, 0.05) is 0 Å². The second-order valence-corrected chi connectivity index (χ2v) is 34.7. The molecular weight excluding hydrogens is 464 g/mol. The molecule has 0 saturated carbocycles. The fraction of sp³-hybridized carbons (Fsp3) is 1.00. The first-order valence-corrected chi connectivity index (χ1v) is 28.1. The molecular formula is C15H43ClO5Si6. The lowest BCUT2D eigenvalue weighted by Crippen LogP contribution is -2.59. The van der Waals surface area contributed by atoms with Gasteiger partial charge in [0.25, 0.3) is 7.63 Å². The van der Waals surface area contributed by atoms with Crippen molar-refractivity contribution in [2.75, 3.05) is 0 Å². The Labute approximate surface area is 179 Å². The van der Waals surface area contributed by atoms with Gasteiger partial charge < -0.3 is 20.6 Å². The average molecular weight is 507 g/mol. The van der Waals surface area contributed by atoms with Crippen molar-refractivity contribution in [2.24, 2.45) is 0 Å². The molecule has 0 aliphatic rings. The first kappa shape index (κ1) is 28.4. The summed E-state index contributed by atoms with van der Waals surface area (Å²) in [5.41, 5.74) is 0. The van der Waals surface area contributed by atoms with Gasteiger partial charge in [-0.25, -0.2) is 0 Å². The fourth-order valence-corrected chi connectivity index (χ4v) is 33.5. The van der Waals surface area contributed by atoms with Crippen LogP contribution in [0.1, 0.15) is 13.3 Å². The molecule has 5 nitrogen and oxygen atoms in total. The predicted octanol–water partition coefficient (Wildman–Crippen LogP) is 6.43. The fourth-order valence-electron chi connectivity index (χ4n) is 3.61. The van der Waals surface area contributed by atoms with E-state index < -0.39 is 50.2 Å². The van der Waals surface area contributed by atoms with Gasteiger partial charge in [-0.15, -0.1) is 11.1 Å². The zero-order valence-electron chi connectivity index (χ0n) is 19.8. The highest BCUT2D eigenvalue weighted by Gasteiger charge is 2.47. The highest BCUT2D eigenvalue weighted by Crippen LogP contribution is 2.29. The summed E-state index contributed by atoms with van der Waals surface area (Å²) < 4.78 is 32.1. The molecule has 1 atom stereocenters. The molecule has 0 radical (unpaired) electrons. The lowest BCUT2D eigenvalue weighted by molar-refractivity contribution is 0.283. The molecule has 0 aliphatic carbocycles. The molecule has 0 aromatic carbocycles. The molecule has 1 unspecified atom stereocenters. The van der Waals surface area contributed by atoms with Crippen LogP contribution < -0.4 is 0 Å². The van der Waals surface area contributed by atoms with Crippen LogP contribution >= 0.6 is 11.1 Å². The zero-order valence-corrected chi connectivity index (χ0v) is 26.6. The SMILES string of the molecule is CCC[Si](C)(Cl)O[Si](C)(C)O[Si](C)(C)O[Si](C)(C)O[Si](C)(C)O[Si](C)(C)C. The quantitative estimate of drug-likeness (QED) is 0.225. The maximum Gasteiger partial charge on any atom is 0.314 e. The molecule has 0 fully saturated rings. The van der Waals surface area contributed by atoms with Gasteiger partial charge in [-0.1, -0.05) is 13.3 Å². The van der Waals surface area contributed by atoms with E-state index in [9.17, 15) is 0 Å². The van der Waals surface area contributed by atoms with Crippen LogP contribution in [0.15, 0.2) is 0 Å². The minimum Gasteiger partial charge on any atom is -0.437 e. The molecule has 0 heterocycles. The first-order valence-electron chi connectivity index (χ1n) is 9.79. The summed E-state index contributed by atoms with van der Waals surface area (Å²) >= 11 is 6.65. The molecule has 0 bridgehead atoms.